The molecule has 0 radical (unpaired) electrons. The van der Waals surface area contributed by atoms with Gasteiger partial charge in [0.25, 0.3) is 0 Å². The van der Waals surface area contributed by atoms with E-state index >= 15 is 0 Å². The van der Waals surface area contributed by atoms with Crippen molar-refractivity contribution in [2.24, 2.45) is 0 Å². The molecule has 1 saturated heterocycles. The van der Waals surface area contributed by atoms with Gasteiger partial charge in [0.05, 0.1) is 12.7 Å². The Morgan fingerprint density at radius 2 is 2.12 bits per heavy atom. The Morgan fingerprint density at radius 3 is 2.88 bits per heavy atom. The molecule has 0 aliphatic carbocycles. The Kier molecular flexibility index (Phi) is 8.67. The summed E-state index contributed by atoms with van der Waals surface area (Å²) in [7, 11) is 0. The van der Waals surface area contributed by atoms with Gasteiger partial charge in [-0.15, -0.1) is 0 Å². The second-order valence-corrected chi connectivity index (χ2v) is 5.00. The SMILES string of the molecule is CCCN1CCO[C@H](CCCCCNCC)C1. The van der Waals surface area contributed by atoms with Crippen LogP contribution in [0.1, 0.15) is 46.0 Å². The summed E-state index contributed by atoms with van der Waals surface area (Å²) in [6.07, 6.45) is 6.95. The molecule has 1 rings (SSSR count). The highest BCUT2D eigenvalue weighted by molar-refractivity contribution is 4.71. The lowest BCUT2D eigenvalue weighted by molar-refractivity contribution is -0.0328. The van der Waals surface area contributed by atoms with Gasteiger partial charge in [-0.3, -0.25) is 4.90 Å². The van der Waals surface area contributed by atoms with Crippen LogP contribution in [0.3, 0.4) is 0 Å². The second kappa shape index (κ2) is 9.86. The maximum absolute atomic E-state index is 5.82. The first-order valence-electron chi connectivity index (χ1n) is 7.41. The average Bonchev–Trinajstić information content (AvgIpc) is 2.35. The van der Waals surface area contributed by atoms with E-state index in [0.29, 0.717) is 6.10 Å². The summed E-state index contributed by atoms with van der Waals surface area (Å²) < 4.78 is 5.82. The van der Waals surface area contributed by atoms with Crippen LogP contribution in [0.25, 0.3) is 0 Å². The number of nitrogens with one attached hydrogen (secondary N) is 1. The maximum atomic E-state index is 5.82. The Labute approximate surface area is 107 Å². The fraction of sp³-hybridized carbons (Fsp3) is 1.00. The van der Waals surface area contributed by atoms with E-state index in [9.17, 15) is 0 Å². The van der Waals surface area contributed by atoms with Crippen LogP contribution >= 0.6 is 0 Å². The van der Waals surface area contributed by atoms with Crippen molar-refractivity contribution in [3.63, 3.8) is 0 Å². The zero-order valence-electron chi connectivity index (χ0n) is 11.7. The molecule has 0 spiro atoms. The molecule has 0 saturated carbocycles. The van der Waals surface area contributed by atoms with E-state index in [1.807, 2.05) is 0 Å². The van der Waals surface area contributed by atoms with E-state index in [0.717, 1.165) is 26.2 Å². The fourth-order valence-corrected chi connectivity index (χ4v) is 2.45. The monoisotopic (exact) mass is 242 g/mol. The quantitative estimate of drug-likeness (QED) is 0.628. The van der Waals surface area contributed by atoms with Gasteiger partial charge in [-0.2, -0.15) is 0 Å². The standard InChI is InChI=1S/C14H30N2O/c1-3-10-16-11-12-17-14(13-16)8-6-5-7-9-15-4-2/h14-15H,3-13H2,1-2H3/t14-/m1/s1. The predicted molar refractivity (Wildman–Crippen MR) is 73.5 cm³/mol. The van der Waals surface area contributed by atoms with Gasteiger partial charge in [0, 0.05) is 13.1 Å². The van der Waals surface area contributed by atoms with E-state index in [4.69, 9.17) is 4.74 Å². The van der Waals surface area contributed by atoms with Gasteiger partial charge in [-0.05, 0) is 38.9 Å². The van der Waals surface area contributed by atoms with Crippen LogP contribution < -0.4 is 5.32 Å². The van der Waals surface area contributed by atoms with Crippen LogP contribution in [0.5, 0.6) is 0 Å². The number of rotatable bonds is 9. The summed E-state index contributed by atoms with van der Waals surface area (Å²) in [4.78, 5) is 2.55. The zero-order valence-corrected chi connectivity index (χ0v) is 11.7. The van der Waals surface area contributed by atoms with Gasteiger partial charge < -0.3 is 10.1 Å². The van der Waals surface area contributed by atoms with Crippen LogP contribution in [0.2, 0.25) is 0 Å². The molecule has 0 aromatic rings. The van der Waals surface area contributed by atoms with Crippen molar-refractivity contribution < 1.29 is 4.74 Å². The van der Waals surface area contributed by atoms with Crippen molar-refractivity contribution in [3.8, 4) is 0 Å². The second-order valence-electron chi connectivity index (χ2n) is 5.00. The molecule has 0 amide bonds. The summed E-state index contributed by atoms with van der Waals surface area (Å²) in [5, 5.41) is 3.37. The molecule has 0 aromatic heterocycles. The largest absolute Gasteiger partial charge is 0.376 e. The fourth-order valence-electron chi connectivity index (χ4n) is 2.45. The van der Waals surface area contributed by atoms with Gasteiger partial charge >= 0.3 is 0 Å². The molecule has 1 aliphatic heterocycles. The van der Waals surface area contributed by atoms with E-state index in [-0.39, 0.29) is 0 Å². The van der Waals surface area contributed by atoms with Crippen molar-refractivity contribution in [3.05, 3.63) is 0 Å². The number of morpholine rings is 1. The van der Waals surface area contributed by atoms with Gasteiger partial charge in [0.1, 0.15) is 0 Å². The smallest absolute Gasteiger partial charge is 0.0702 e. The third-order valence-electron chi connectivity index (χ3n) is 3.39. The van der Waals surface area contributed by atoms with E-state index < -0.39 is 0 Å². The Hall–Kier alpha value is -0.120. The lowest BCUT2D eigenvalue weighted by atomic mass is 10.1. The first-order valence-corrected chi connectivity index (χ1v) is 7.41. The Morgan fingerprint density at radius 1 is 1.24 bits per heavy atom. The van der Waals surface area contributed by atoms with Crippen LogP contribution in [0, 0.1) is 0 Å². The molecule has 1 heterocycles. The zero-order chi connectivity index (χ0) is 12.3. The minimum atomic E-state index is 0.495. The molecule has 17 heavy (non-hydrogen) atoms. The number of nitrogens with zero attached hydrogens (tertiary/aromatic N) is 1. The van der Waals surface area contributed by atoms with Gasteiger partial charge in [-0.25, -0.2) is 0 Å². The molecular formula is C14H30N2O. The third-order valence-corrected chi connectivity index (χ3v) is 3.39. The molecule has 0 unspecified atom stereocenters. The van der Waals surface area contributed by atoms with E-state index in [1.54, 1.807) is 0 Å². The molecule has 0 bridgehead atoms. The lowest BCUT2D eigenvalue weighted by Gasteiger charge is -2.32. The van der Waals surface area contributed by atoms with E-state index in [2.05, 4.69) is 24.1 Å². The molecule has 102 valence electrons. The maximum Gasteiger partial charge on any atom is 0.0702 e. The first kappa shape index (κ1) is 14.9. The molecule has 1 fully saturated rings. The Balaban J connectivity index is 1.98. The molecular weight excluding hydrogens is 212 g/mol. The summed E-state index contributed by atoms with van der Waals surface area (Å²) >= 11 is 0. The molecule has 1 N–H and O–H groups in total. The first-order chi connectivity index (χ1) is 8.36. The van der Waals surface area contributed by atoms with Gasteiger partial charge in [-0.1, -0.05) is 26.7 Å². The van der Waals surface area contributed by atoms with Crippen LogP contribution in [0.15, 0.2) is 0 Å². The predicted octanol–water partition coefficient (Wildman–Crippen LogP) is 2.27. The summed E-state index contributed by atoms with van der Waals surface area (Å²) in [6, 6.07) is 0. The summed E-state index contributed by atoms with van der Waals surface area (Å²) in [6.45, 7) is 11.1. The van der Waals surface area contributed by atoms with Crippen molar-refractivity contribution in [2.75, 3.05) is 39.3 Å². The van der Waals surface area contributed by atoms with Crippen LogP contribution in [-0.2, 0) is 4.74 Å². The van der Waals surface area contributed by atoms with Crippen molar-refractivity contribution in [2.45, 2.75) is 52.1 Å². The molecule has 1 aliphatic rings. The number of hydrogen-bond donors (Lipinski definition) is 1. The number of ether oxygens (including phenoxy) is 1. The molecule has 3 heteroatoms. The topological polar surface area (TPSA) is 24.5 Å². The lowest BCUT2D eigenvalue weighted by Crippen LogP contribution is -2.42. The number of unbranched alkanes of at least 4 members (excludes halogenated alkanes) is 2. The average molecular weight is 242 g/mol. The normalized spacial score (nSPS) is 21.9. The van der Waals surface area contributed by atoms with Crippen molar-refractivity contribution in [1.82, 2.24) is 10.2 Å². The highest BCUT2D eigenvalue weighted by Crippen LogP contribution is 2.12. The molecule has 0 aromatic carbocycles. The summed E-state index contributed by atoms with van der Waals surface area (Å²) in [5.74, 6) is 0. The van der Waals surface area contributed by atoms with Crippen molar-refractivity contribution in [1.29, 1.82) is 0 Å². The van der Waals surface area contributed by atoms with Crippen molar-refractivity contribution >= 4 is 0 Å². The minimum absolute atomic E-state index is 0.495. The highest BCUT2D eigenvalue weighted by Gasteiger charge is 2.18. The third kappa shape index (κ3) is 7.02. The molecule has 3 nitrogen and oxygen atoms in total. The Bertz CT molecular complexity index is 174. The van der Waals surface area contributed by atoms with Gasteiger partial charge in [0.2, 0.25) is 0 Å². The van der Waals surface area contributed by atoms with Crippen LogP contribution in [-0.4, -0.2) is 50.3 Å². The van der Waals surface area contributed by atoms with E-state index in [1.165, 1.54) is 45.2 Å². The van der Waals surface area contributed by atoms with Crippen LogP contribution in [0.4, 0.5) is 0 Å². The highest BCUT2D eigenvalue weighted by atomic mass is 16.5. The minimum Gasteiger partial charge on any atom is -0.376 e. The molecule has 1 atom stereocenters. The summed E-state index contributed by atoms with van der Waals surface area (Å²) in [5.41, 5.74) is 0. The van der Waals surface area contributed by atoms with Gasteiger partial charge in [0.15, 0.2) is 0 Å². The number of hydrogen-bond acceptors (Lipinski definition) is 3.